The number of carbonyl (C=O) groups is 1. The summed E-state index contributed by atoms with van der Waals surface area (Å²) in [5.41, 5.74) is 1.67. The molecule has 0 aliphatic heterocycles. The Bertz CT molecular complexity index is 1090. The topological polar surface area (TPSA) is 68.2 Å². The van der Waals surface area contributed by atoms with Crippen molar-refractivity contribution in [2.45, 2.75) is 51.6 Å². The number of ether oxygens (including phenoxy) is 1. The Morgan fingerprint density at radius 1 is 1.12 bits per heavy atom. The van der Waals surface area contributed by atoms with Crippen LogP contribution >= 0.6 is 23.2 Å². The Morgan fingerprint density at radius 3 is 2.55 bits per heavy atom. The molecule has 0 radical (unpaired) electrons. The third-order valence-electron chi connectivity index (χ3n) is 5.68. The highest BCUT2D eigenvalue weighted by atomic mass is 35.5. The minimum atomic E-state index is -0.193. The molecular weight excluding hydrogens is 459 g/mol. The van der Waals surface area contributed by atoms with Gasteiger partial charge in [-0.25, -0.2) is 0 Å². The van der Waals surface area contributed by atoms with Crippen LogP contribution in [-0.2, 0) is 6.54 Å². The van der Waals surface area contributed by atoms with Crippen molar-refractivity contribution in [3.8, 4) is 17.3 Å². The molecule has 1 fully saturated rings. The molecule has 174 valence electrons. The summed E-state index contributed by atoms with van der Waals surface area (Å²) in [5, 5.41) is 12.4. The van der Waals surface area contributed by atoms with Crippen LogP contribution in [0.5, 0.6) is 11.6 Å². The normalized spacial score (nSPS) is 13.9. The van der Waals surface area contributed by atoms with E-state index in [0.717, 1.165) is 38.6 Å². The van der Waals surface area contributed by atoms with E-state index < -0.39 is 0 Å². The Balaban J connectivity index is 1.79. The average molecular weight is 487 g/mol. The first-order valence-corrected chi connectivity index (χ1v) is 12.1. The van der Waals surface area contributed by atoms with E-state index in [4.69, 9.17) is 33.0 Å². The van der Waals surface area contributed by atoms with Crippen molar-refractivity contribution < 1.29 is 9.53 Å². The third-order valence-corrected chi connectivity index (χ3v) is 6.25. The molecule has 1 aliphatic carbocycles. The molecule has 2 aromatic carbocycles. The number of amides is 1. The number of hydrogen-bond donors (Lipinski definition) is 2. The zero-order valence-electron chi connectivity index (χ0n) is 18.6. The van der Waals surface area contributed by atoms with Gasteiger partial charge in [0.25, 0.3) is 5.91 Å². The lowest BCUT2D eigenvalue weighted by molar-refractivity contribution is 0.0931. The Hall–Kier alpha value is -2.54. The van der Waals surface area contributed by atoms with Crippen LogP contribution in [0.2, 0.25) is 10.0 Å². The predicted molar refractivity (Wildman–Crippen MR) is 132 cm³/mol. The first kappa shape index (κ1) is 23.6. The maximum Gasteiger partial charge on any atom is 0.272 e. The molecule has 2 N–H and O–H groups in total. The Kier molecular flexibility index (Phi) is 7.91. The maximum absolute atomic E-state index is 13.3. The van der Waals surface area contributed by atoms with E-state index in [1.54, 1.807) is 35.0 Å². The Morgan fingerprint density at radius 2 is 1.85 bits per heavy atom. The van der Waals surface area contributed by atoms with E-state index >= 15 is 0 Å². The molecule has 6 nitrogen and oxygen atoms in total. The summed E-state index contributed by atoms with van der Waals surface area (Å²) in [6.45, 7) is 3.34. The predicted octanol–water partition coefficient (Wildman–Crippen LogP) is 6.14. The number of para-hydroxylation sites is 1. The van der Waals surface area contributed by atoms with Crippen LogP contribution in [0.4, 0.5) is 0 Å². The van der Waals surface area contributed by atoms with Crippen LogP contribution in [0.3, 0.4) is 0 Å². The van der Waals surface area contributed by atoms with E-state index in [1.165, 1.54) is 0 Å². The van der Waals surface area contributed by atoms with Crippen molar-refractivity contribution in [2.24, 2.45) is 0 Å². The van der Waals surface area contributed by atoms with Gasteiger partial charge in [0.1, 0.15) is 5.75 Å². The molecule has 1 aromatic heterocycles. The summed E-state index contributed by atoms with van der Waals surface area (Å²) >= 11 is 12.6. The summed E-state index contributed by atoms with van der Waals surface area (Å²) in [4.78, 5) is 13.3. The highest BCUT2D eigenvalue weighted by molar-refractivity contribution is 6.32. The van der Waals surface area contributed by atoms with Gasteiger partial charge < -0.3 is 15.4 Å². The molecule has 0 spiro atoms. The van der Waals surface area contributed by atoms with Crippen molar-refractivity contribution in [3.63, 3.8) is 0 Å². The zero-order valence-corrected chi connectivity index (χ0v) is 20.1. The van der Waals surface area contributed by atoms with Gasteiger partial charge in [-0.05, 0) is 62.2 Å². The molecule has 0 bridgehead atoms. The van der Waals surface area contributed by atoms with Gasteiger partial charge in [0.05, 0.1) is 16.3 Å². The zero-order chi connectivity index (χ0) is 23.2. The fraction of sp³-hybridized carbons (Fsp3) is 0.360. The standard InChI is InChI=1S/C25H28Cl2N4O2/c1-2-15-28-16-20-23(24(32)29-18-7-3-4-8-18)30-31(22-10-6-5-9-21(22)27)25(20)33-19-13-11-17(26)12-14-19/h5-6,9-14,18,28H,2-4,7-8,15-16H2,1H3,(H,29,32). The molecule has 1 aliphatic rings. The molecule has 0 saturated heterocycles. The van der Waals surface area contributed by atoms with Crippen LogP contribution in [0.25, 0.3) is 5.69 Å². The molecule has 3 aromatic rings. The highest BCUT2D eigenvalue weighted by Gasteiger charge is 2.28. The molecule has 1 heterocycles. The van der Waals surface area contributed by atoms with Crippen LogP contribution in [0.15, 0.2) is 48.5 Å². The molecule has 4 rings (SSSR count). The summed E-state index contributed by atoms with van der Waals surface area (Å²) in [6, 6.07) is 14.6. The van der Waals surface area contributed by atoms with Gasteiger partial charge in [-0.2, -0.15) is 9.78 Å². The van der Waals surface area contributed by atoms with Crippen molar-refractivity contribution in [3.05, 3.63) is 69.8 Å². The summed E-state index contributed by atoms with van der Waals surface area (Å²) in [7, 11) is 0. The van der Waals surface area contributed by atoms with E-state index in [1.807, 2.05) is 18.2 Å². The fourth-order valence-corrected chi connectivity index (χ4v) is 4.34. The van der Waals surface area contributed by atoms with E-state index in [2.05, 4.69) is 17.6 Å². The molecule has 1 saturated carbocycles. The first-order chi connectivity index (χ1) is 16.1. The molecule has 0 atom stereocenters. The van der Waals surface area contributed by atoms with Crippen molar-refractivity contribution in [2.75, 3.05) is 6.54 Å². The number of nitrogens with one attached hydrogen (secondary N) is 2. The maximum atomic E-state index is 13.3. The second-order valence-corrected chi connectivity index (χ2v) is 9.03. The summed E-state index contributed by atoms with van der Waals surface area (Å²) in [5.74, 6) is 0.847. The third kappa shape index (κ3) is 5.69. The number of carbonyl (C=O) groups excluding carboxylic acids is 1. The second-order valence-electron chi connectivity index (χ2n) is 8.18. The quantitative estimate of drug-likeness (QED) is 0.356. The van der Waals surface area contributed by atoms with Gasteiger partial charge in [-0.1, -0.05) is 55.1 Å². The Labute approximate surface area is 204 Å². The van der Waals surface area contributed by atoms with Crippen LogP contribution in [0, 0.1) is 0 Å². The molecule has 33 heavy (non-hydrogen) atoms. The van der Waals surface area contributed by atoms with Crippen LogP contribution in [0.1, 0.15) is 55.1 Å². The minimum absolute atomic E-state index is 0.181. The number of rotatable bonds is 9. The minimum Gasteiger partial charge on any atom is -0.439 e. The highest BCUT2D eigenvalue weighted by Crippen LogP contribution is 2.34. The van der Waals surface area contributed by atoms with E-state index in [0.29, 0.717) is 45.2 Å². The van der Waals surface area contributed by atoms with Gasteiger partial charge in [0.2, 0.25) is 5.88 Å². The molecule has 0 unspecified atom stereocenters. The number of nitrogens with zero attached hydrogens (tertiary/aromatic N) is 2. The SMILES string of the molecule is CCCNCc1c(C(=O)NC2CCCC2)nn(-c2ccccc2Cl)c1Oc1ccc(Cl)cc1. The van der Waals surface area contributed by atoms with E-state index in [9.17, 15) is 4.79 Å². The van der Waals surface area contributed by atoms with Crippen LogP contribution in [-0.4, -0.2) is 28.3 Å². The monoisotopic (exact) mass is 486 g/mol. The second kappa shape index (κ2) is 11.1. The largest absolute Gasteiger partial charge is 0.439 e. The number of aromatic nitrogens is 2. The lowest BCUT2D eigenvalue weighted by atomic mass is 10.2. The molecule has 1 amide bonds. The van der Waals surface area contributed by atoms with Crippen molar-refractivity contribution in [1.82, 2.24) is 20.4 Å². The van der Waals surface area contributed by atoms with Gasteiger partial charge in [0, 0.05) is 17.6 Å². The van der Waals surface area contributed by atoms with Gasteiger partial charge in [-0.15, -0.1) is 0 Å². The molecular formula is C25H28Cl2N4O2. The van der Waals surface area contributed by atoms with Crippen LogP contribution < -0.4 is 15.4 Å². The van der Waals surface area contributed by atoms with Gasteiger partial charge in [-0.3, -0.25) is 4.79 Å². The van der Waals surface area contributed by atoms with Gasteiger partial charge in [0.15, 0.2) is 5.69 Å². The lowest BCUT2D eigenvalue weighted by Crippen LogP contribution is -2.33. The van der Waals surface area contributed by atoms with Gasteiger partial charge >= 0.3 is 0 Å². The number of benzene rings is 2. The number of halogens is 2. The van der Waals surface area contributed by atoms with E-state index in [-0.39, 0.29) is 11.9 Å². The summed E-state index contributed by atoms with van der Waals surface area (Å²) in [6.07, 6.45) is 5.22. The average Bonchev–Trinajstić information content (AvgIpc) is 3.44. The van der Waals surface area contributed by atoms with Crippen molar-refractivity contribution in [1.29, 1.82) is 0 Å². The number of hydrogen-bond acceptors (Lipinski definition) is 4. The fourth-order valence-electron chi connectivity index (χ4n) is 4.00. The smallest absolute Gasteiger partial charge is 0.272 e. The lowest BCUT2D eigenvalue weighted by Gasteiger charge is -2.13. The van der Waals surface area contributed by atoms with Crippen molar-refractivity contribution >= 4 is 29.1 Å². The first-order valence-electron chi connectivity index (χ1n) is 11.4. The molecule has 8 heteroatoms. The summed E-state index contributed by atoms with van der Waals surface area (Å²) < 4.78 is 7.91.